The third kappa shape index (κ3) is 4.01. The maximum atomic E-state index is 12.3. The summed E-state index contributed by atoms with van der Waals surface area (Å²) in [6.45, 7) is -1.15. The molecule has 0 unspecified atom stereocenters. The van der Waals surface area contributed by atoms with Crippen LogP contribution in [0.5, 0.6) is 5.75 Å². The summed E-state index contributed by atoms with van der Waals surface area (Å²) in [5.74, 6) is -0.465. The highest BCUT2D eigenvalue weighted by molar-refractivity contribution is 9.10. The summed E-state index contributed by atoms with van der Waals surface area (Å²) in [5.41, 5.74) is 1.43. The number of hydrogen-bond donors (Lipinski definition) is 1. The molecular formula is C15H12BrF2NO2. The fourth-order valence-electron chi connectivity index (χ4n) is 1.80. The lowest BCUT2D eigenvalue weighted by Crippen LogP contribution is -2.15. The SMILES string of the molecule is Cc1ccc(Br)cc1C(=O)Nc1ccccc1OC(F)F. The van der Waals surface area contributed by atoms with Crippen LogP contribution in [-0.2, 0) is 0 Å². The number of rotatable bonds is 4. The minimum Gasteiger partial charge on any atom is -0.433 e. The monoisotopic (exact) mass is 355 g/mol. The Morgan fingerprint density at radius 1 is 1.24 bits per heavy atom. The Labute approximate surface area is 129 Å². The molecule has 0 aliphatic rings. The van der Waals surface area contributed by atoms with Crippen LogP contribution < -0.4 is 10.1 Å². The highest BCUT2D eigenvalue weighted by Crippen LogP contribution is 2.26. The number of hydrogen-bond acceptors (Lipinski definition) is 2. The van der Waals surface area contributed by atoms with E-state index in [1.165, 1.54) is 12.1 Å². The molecule has 110 valence electrons. The van der Waals surface area contributed by atoms with Crippen LogP contribution in [0, 0.1) is 6.92 Å². The van der Waals surface area contributed by atoms with Gasteiger partial charge in [0, 0.05) is 10.0 Å². The van der Waals surface area contributed by atoms with Gasteiger partial charge >= 0.3 is 6.61 Å². The minimum absolute atomic E-state index is 0.0755. The molecule has 0 saturated carbocycles. The predicted molar refractivity (Wildman–Crippen MR) is 79.9 cm³/mol. The number of carbonyl (C=O) groups is 1. The van der Waals surface area contributed by atoms with Crippen molar-refractivity contribution in [3.8, 4) is 5.75 Å². The van der Waals surface area contributed by atoms with Gasteiger partial charge in [-0.25, -0.2) is 0 Å². The molecule has 0 fully saturated rings. The van der Waals surface area contributed by atoms with Crippen molar-refractivity contribution in [1.82, 2.24) is 0 Å². The Morgan fingerprint density at radius 3 is 2.67 bits per heavy atom. The third-order valence-electron chi connectivity index (χ3n) is 2.80. The summed E-state index contributed by atoms with van der Waals surface area (Å²) >= 11 is 3.29. The number of anilines is 1. The number of para-hydroxylation sites is 2. The van der Waals surface area contributed by atoms with Crippen molar-refractivity contribution in [1.29, 1.82) is 0 Å². The van der Waals surface area contributed by atoms with Crippen LogP contribution in [0.25, 0.3) is 0 Å². The summed E-state index contributed by atoms with van der Waals surface area (Å²) < 4.78 is 29.8. The number of benzene rings is 2. The smallest absolute Gasteiger partial charge is 0.387 e. The van der Waals surface area contributed by atoms with E-state index < -0.39 is 6.61 Å². The van der Waals surface area contributed by atoms with Gasteiger partial charge in [-0.05, 0) is 36.8 Å². The van der Waals surface area contributed by atoms with Crippen molar-refractivity contribution in [2.45, 2.75) is 13.5 Å². The van der Waals surface area contributed by atoms with E-state index in [4.69, 9.17) is 0 Å². The van der Waals surface area contributed by atoms with Gasteiger partial charge in [0.1, 0.15) is 5.75 Å². The summed E-state index contributed by atoms with van der Waals surface area (Å²) in [5, 5.41) is 2.58. The molecule has 2 rings (SSSR count). The highest BCUT2D eigenvalue weighted by Gasteiger charge is 2.14. The molecular weight excluding hydrogens is 344 g/mol. The average Bonchev–Trinajstić information content (AvgIpc) is 2.43. The first-order valence-electron chi connectivity index (χ1n) is 6.08. The molecule has 0 spiro atoms. The zero-order valence-electron chi connectivity index (χ0n) is 11.1. The van der Waals surface area contributed by atoms with Gasteiger partial charge in [-0.15, -0.1) is 0 Å². The molecule has 0 atom stereocenters. The van der Waals surface area contributed by atoms with Gasteiger partial charge in [0.05, 0.1) is 5.69 Å². The second-order valence-corrected chi connectivity index (χ2v) is 5.20. The van der Waals surface area contributed by atoms with Gasteiger partial charge in [0.2, 0.25) is 0 Å². The maximum absolute atomic E-state index is 12.3. The molecule has 3 nitrogen and oxygen atoms in total. The van der Waals surface area contributed by atoms with Crippen molar-refractivity contribution >= 4 is 27.5 Å². The van der Waals surface area contributed by atoms with E-state index >= 15 is 0 Å². The molecule has 0 heterocycles. The van der Waals surface area contributed by atoms with Crippen LogP contribution in [0.3, 0.4) is 0 Å². The molecule has 0 bridgehead atoms. The Kier molecular flexibility index (Phi) is 4.90. The van der Waals surface area contributed by atoms with E-state index in [1.54, 1.807) is 31.2 Å². The zero-order valence-corrected chi connectivity index (χ0v) is 12.7. The predicted octanol–water partition coefficient (Wildman–Crippen LogP) is 4.61. The summed E-state index contributed by atoms with van der Waals surface area (Å²) in [6.07, 6.45) is 0. The first kappa shape index (κ1) is 15.4. The molecule has 1 amide bonds. The van der Waals surface area contributed by atoms with Crippen molar-refractivity contribution in [2.75, 3.05) is 5.32 Å². The minimum atomic E-state index is -2.95. The van der Waals surface area contributed by atoms with Gasteiger partial charge in [-0.3, -0.25) is 4.79 Å². The number of nitrogens with one attached hydrogen (secondary N) is 1. The standard InChI is InChI=1S/C15H12BrF2NO2/c1-9-6-7-10(16)8-11(9)14(20)19-12-4-2-3-5-13(12)21-15(17)18/h2-8,15H,1H3,(H,19,20). The van der Waals surface area contributed by atoms with E-state index in [0.717, 1.165) is 10.0 Å². The molecule has 0 saturated heterocycles. The number of carbonyl (C=O) groups excluding carboxylic acids is 1. The van der Waals surface area contributed by atoms with Crippen LogP contribution in [0.4, 0.5) is 14.5 Å². The normalized spacial score (nSPS) is 10.5. The van der Waals surface area contributed by atoms with Gasteiger partial charge < -0.3 is 10.1 Å². The number of aryl methyl sites for hydroxylation is 1. The van der Waals surface area contributed by atoms with Crippen molar-refractivity contribution < 1.29 is 18.3 Å². The number of ether oxygens (including phenoxy) is 1. The lowest BCUT2D eigenvalue weighted by atomic mass is 10.1. The molecule has 6 heteroatoms. The molecule has 1 N–H and O–H groups in total. The van der Waals surface area contributed by atoms with E-state index in [1.807, 2.05) is 6.07 Å². The molecule has 0 aliphatic heterocycles. The van der Waals surface area contributed by atoms with Gasteiger partial charge in [-0.2, -0.15) is 8.78 Å². The Balaban J connectivity index is 2.25. The van der Waals surface area contributed by atoms with Crippen LogP contribution in [0.15, 0.2) is 46.9 Å². The molecule has 21 heavy (non-hydrogen) atoms. The first-order chi connectivity index (χ1) is 9.97. The molecule has 0 aromatic heterocycles. The van der Waals surface area contributed by atoms with Gasteiger partial charge in [0.15, 0.2) is 0 Å². The van der Waals surface area contributed by atoms with Crippen LogP contribution >= 0.6 is 15.9 Å². The lowest BCUT2D eigenvalue weighted by Gasteiger charge is -2.12. The average molecular weight is 356 g/mol. The summed E-state index contributed by atoms with van der Waals surface area (Å²) in [4.78, 5) is 12.3. The molecule has 2 aromatic carbocycles. The first-order valence-corrected chi connectivity index (χ1v) is 6.88. The topological polar surface area (TPSA) is 38.3 Å². The maximum Gasteiger partial charge on any atom is 0.387 e. The van der Waals surface area contributed by atoms with E-state index in [0.29, 0.717) is 5.56 Å². The second kappa shape index (κ2) is 6.67. The van der Waals surface area contributed by atoms with E-state index in [-0.39, 0.29) is 17.3 Å². The number of halogens is 3. The summed E-state index contributed by atoms with van der Waals surface area (Å²) in [6, 6.07) is 11.3. The largest absolute Gasteiger partial charge is 0.433 e. The molecule has 0 aliphatic carbocycles. The zero-order chi connectivity index (χ0) is 15.4. The number of alkyl halides is 2. The molecule has 0 radical (unpaired) electrons. The fourth-order valence-corrected chi connectivity index (χ4v) is 2.16. The van der Waals surface area contributed by atoms with Gasteiger partial charge in [-0.1, -0.05) is 34.1 Å². The Morgan fingerprint density at radius 2 is 1.95 bits per heavy atom. The number of amides is 1. The Bertz CT molecular complexity index is 662. The van der Waals surface area contributed by atoms with Crippen molar-refractivity contribution in [3.05, 3.63) is 58.1 Å². The highest BCUT2D eigenvalue weighted by atomic mass is 79.9. The Hall–Kier alpha value is -1.95. The fraction of sp³-hybridized carbons (Fsp3) is 0.133. The van der Waals surface area contributed by atoms with Crippen LogP contribution in [0.2, 0.25) is 0 Å². The third-order valence-corrected chi connectivity index (χ3v) is 3.29. The molecule has 2 aromatic rings. The van der Waals surface area contributed by atoms with Crippen molar-refractivity contribution in [3.63, 3.8) is 0 Å². The summed E-state index contributed by atoms with van der Waals surface area (Å²) in [7, 11) is 0. The van der Waals surface area contributed by atoms with Crippen molar-refractivity contribution in [2.24, 2.45) is 0 Å². The van der Waals surface area contributed by atoms with E-state index in [2.05, 4.69) is 26.0 Å². The lowest BCUT2D eigenvalue weighted by molar-refractivity contribution is -0.0493. The second-order valence-electron chi connectivity index (χ2n) is 4.29. The van der Waals surface area contributed by atoms with Crippen LogP contribution in [0.1, 0.15) is 15.9 Å². The van der Waals surface area contributed by atoms with Crippen LogP contribution in [-0.4, -0.2) is 12.5 Å². The van der Waals surface area contributed by atoms with E-state index in [9.17, 15) is 13.6 Å². The van der Waals surface area contributed by atoms with Gasteiger partial charge in [0.25, 0.3) is 5.91 Å². The quantitative estimate of drug-likeness (QED) is 0.869.